The summed E-state index contributed by atoms with van der Waals surface area (Å²) in [6.45, 7) is 2.54. The van der Waals surface area contributed by atoms with Gasteiger partial charge < -0.3 is 18.9 Å². The Kier molecular flexibility index (Phi) is 4.12. The first-order valence-corrected chi connectivity index (χ1v) is 8.26. The standard InChI is InChI=1S/C17H18FN3O4/c1-10-11(9-20-25-10)17(22)21-7-8-23-14-5-4-13(21)15(14)24-16-12(18)3-2-6-19-16/h2-3,6,9,13-15H,4-5,7-8H2,1H3/t13-,14-,15+/m0/s1. The van der Waals surface area contributed by atoms with Crippen molar-refractivity contribution in [3.8, 4) is 5.88 Å². The molecule has 0 N–H and O–H groups in total. The van der Waals surface area contributed by atoms with Crippen LogP contribution >= 0.6 is 0 Å². The fraction of sp³-hybridized carbons (Fsp3) is 0.471. The minimum Gasteiger partial charge on any atom is -0.467 e. The molecule has 1 saturated carbocycles. The number of aryl methyl sites for hydroxylation is 1. The van der Waals surface area contributed by atoms with E-state index in [1.54, 1.807) is 11.8 Å². The van der Waals surface area contributed by atoms with E-state index in [0.717, 1.165) is 12.8 Å². The smallest absolute Gasteiger partial charge is 0.259 e. The van der Waals surface area contributed by atoms with Crippen LogP contribution in [0.2, 0.25) is 0 Å². The normalized spacial score (nSPS) is 25.7. The Morgan fingerprint density at radius 1 is 1.44 bits per heavy atom. The zero-order valence-corrected chi connectivity index (χ0v) is 13.7. The van der Waals surface area contributed by atoms with Crippen LogP contribution in [-0.2, 0) is 4.74 Å². The molecule has 2 aromatic rings. The average molecular weight is 347 g/mol. The quantitative estimate of drug-likeness (QED) is 0.845. The lowest BCUT2D eigenvalue weighted by Gasteiger charge is -2.31. The summed E-state index contributed by atoms with van der Waals surface area (Å²) in [6.07, 6.45) is 3.71. The highest BCUT2D eigenvalue weighted by Crippen LogP contribution is 2.34. The molecule has 0 spiro atoms. The third kappa shape index (κ3) is 2.86. The molecule has 3 atom stereocenters. The number of halogens is 1. The minimum absolute atomic E-state index is 0.0662. The highest BCUT2D eigenvalue weighted by molar-refractivity contribution is 5.95. The maximum atomic E-state index is 13.9. The van der Waals surface area contributed by atoms with E-state index in [-0.39, 0.29) is 23.9 Å². The van der Waals surface area contributed by atoms with Crippen LogP contribution < -0.4 is 4.74 Å². The van der Waals surface area contributed by atoms with E-state index in [4.69, 9.17) is 14.0 Å². The molecule has 8 heteroatoms. The van der Waals surface area contributed by atoms with E-state index in [1.165, 1.54) is 24.5 Å². The summed E-state index contributed by atoms with van der Waals surface area (Å²) in [5, 5.41) is 3.68. The molecule has 2 aliphatic rings. The number of nitrogens with zero attached hydrogens (tertiary/aromatic N) is 3. The third-order valence-electron chi connectivity index (χ3n) is 4.77. The Morgan fingerprint density at radius 2 is 2.32 bits per heavy atom. The van der Waals surface area contributed by atoms with Crippen molar-refractivity contribution < 1.29 is 23.2 Å². The molecule has 0 radical (unpaired) electrons. The number of rotatable bonds is 3. The third-order valence-corrected chi connectivity index (χ3v) is 4.77. The highest BCUT2D eigenvalue weighted by atomic mass is 19.1. The molecule has 0 aromatic carbocycles. The number of fused-ring (bicyclic) bond motifs is 2. The molecule has 25 heavy (non-hydrogen) atoms. The maximum absolute atomic E-state index is 13.9. The molecule has 2 aromatic heterocycles. The topological polar surface area (TPSA) is 77.7 Å². The fourth-order valence-corrected chi connectivity index (χ4v) is 3.54. The monoisotopic (exact) mass is 347 g/mol. The number of aromatic nitrogens is 2. The van der Waals surface area contributed by atoms with E-state index >= 15 is 0 Å². The predicted octanol–water partition coefficient (Wildman–Crippen LogP) is 1.97. The Balaban J connectivity index is 1.61. The molecular formula is C17H18FN3O4. The number of hydrogen-bond acceptors (Lipinski definition) is 6. The van der Waals surface area contributed by atoms with E-state index in [2.05, 4.69) is 10.1 Å². The number of amides is 1. The second-order valence-electron chi connectivity index (χ2n) is 6.22. The molecule has 1 saturated heterocycles. The highest BCUT2D eigenvalue weighted by Gasteiger charge is 2.46. The van der Waals surface area contributed by atoms with Crippen LogP contribution in [0.25, 0.3) is 0 Å². The fourth-order valence-electron chi connectivity index (χ4n) is 3.54. The van der Waals surface area contributed by atoms with Gasteiger partial charge in [0, 0.05) is 12.7 Å². The Bertz CT molecular complexity index is 781. The number of carbonyl (C=O) groups is 1. The average Bonchev–Trinajstić information content (AvgIpc) is 3.13. The van der Waals surface area contributed by atoms with Crippen LogP contribution in [0.4, 0.5) is 4.39 Å². The van der Waals surface area contributed by atoms with Gasteiger partial charge in [-0.05, 0) is 31.9 Å². The van der Waals surface area contributed by atoms with Crippen LogP contribution in [0.15, 0.2) is 29.0 Å². The Morgan fingerprint density at radius 3 is 3.08 bits per heavy atom. The largest absolute Gasteiger partial charge is 0.467 e. The van der Waals surface area contributed by atoms with Gasteiger partial charge in [0.25, 0.3) is 11.8 Å². The van der Waals surface area contributed by atoms with Crippen molar-refractivity contribution in [3.63, 3.8) is 0 Å². The lowest BCUT2D eigenvalue weighted by atomic mass is 10.1. The van der Waals surface area contributed by atoms with Crippen molar-refractivity contribution in [1.29, 1.82) is 0 Å². The van der Waals surface area contributed by atoms with Gasteiger partial charge in [-0.3, -0.25) is 4.79 Å². The Hall–Kier alpha value is -2.48. The summed E-state index contributed by atoms with van der Waals surface area (Å²) in [5.74, 6) is -0.301. The molecule has 2 fully saturated rings. The summed E-state index contributed by atoms with van der Waals surface area (Å²) in [4.78, 5) is 18.6. The first-order chi connectivity index (χ1) is 12.1. The SMILES string of the molecule is Cc1oncc1C(=O)N1CCO[C@H]2CC[C@H]1[C@H]2Oc1ncccc1F. The second-order valence-corrected chi connectivity index (χ2v) is 6.22. The van der Waals surface area contributed by atoms with Gasteiger partial charge in [-0.25, -0.2) is 9.37 Å². The van der Waals surface area contributed by atoms with Crippen molar-refractivity contribution in [1.82, 2.24) is 15.0 Å². The van der Waals surface area contributed by atoms with Crippen LogP contribution in [0.3, 0.4) is 0 Å². The second kappa shape index (κ2) is 6.44. The molecule has 0 unspecified atom stereocenters. The van der Waals surface area contributed by atoms with Crippen molar-refractivity contribution >= 4 is 5.91 Å². The van der Waals surface area contributed by atoms with Crippen LogP contribution in [0, 0.1) is 12.7 Å². The van der Waals surface area contributed by atoms with Gasteiger partial charge in [-0.1, -0.05) is 5.16 Å². The minimum atomic E-state index is -0.529. The van der Waals surface area contributed by atoms with Gasteiger partial charge in [-0.15, -0.1) is 0 Å². The Labute approximate surface area is 143 Å². The zero-order valence-electron chi connectivity index (χ0n) is 13.7. The molecule has 1 aliphatic carbocycles. The first-order valence-electron chi connectivity index (χ1n) is 8.26. The van der Waals surface area contributed by atoms with E-state index < -0.39 is 11.9 Å². The number of ether oxygens (including phenoxy) is 2. The number of pyridine rings is 1. The zero-order chi connectivity index (χ0) is 17.4. The van der Waals surface area contributed by atoms with Crippen LogP contribution in [0.5, 0.6) is 5.88 Å². The molecule has 2 bridgehead atoms. The summed E-state index contributed by atoms with van der Waals surface area (Å²) >= 11 is 0. The number of carbonyl (C=O) groups excluding carboxylic acids is 1. The van der Waals surface area contributed by atoms with E-state index in [9.17, 15) is 9.18 Å². The molecule has 132 valence electrons. The molecule has 1 aliphatic heterocycles. The van der Waals surface area contributed by atoms with Gasteiger partial charge in [0.2, 0.25) is 0 Å². The molecule has 3 heterocycles. The van der Waals surface area contributed by atoms with Gasteiger partial charge in [0.1, 0.15) is 17.4 Å². The summed E-state index contributed by atoms with van der Waals surface area (Å²) in [5.41, 5.74) is 0.424. The lowest BCUT2D eigenvalue weighted by Crippen LogP contribution is -2.47. The summed E-state index contributed by atoms with van der Waals surface area (Å²) < 4.78 is 30.6. The van der Waals surface area contributed by atoms with Crippen molar-refractivity contribution in [2.24, 2.45) is 0 Å². The van der Waals surface area contributed by atoms with Gasteiger partial charge in [0.15, 0.2) is 5.82 Å². The predicted molar refractivity (Wildman–Crippen MR) is 83.6 cm³/mol. The van der Waals surface area contributed by atoms with Gasteiger partial charge >= 0.3 is 0 Å². The molecule has 4 rings (SSSR count). The van der Waals surface area contributed by atoms with Crippen molar-refractivity contribution in [2.45, 2.75) is 38.0 Å². The van der Waals surface area contributed by atoms with Gasteiger partial charge in [-0.2, -0.15) is 0 Å². The van der Waals surface area contributed by atoms with Crippen molar-refractivity contribution in [3.05, 3.63) is 41.7 Å². The first kappa shape index (κ1) is 16.0. The molecule has 7 nitrogen and oxygen atoms in total. The maximum Gasteiger partial charge on any atom is 0.259 e. The molecule has 1 amide bonds. The van der Waals surface area contributed by atoms with Crippen LogP contribution in [-0.4, -0.2) is 52.3 Å². The van der Waals surface area contributed by atoms with E-state index in [1.807, 2.05) is 0 Å². The van der Waals surface area contributed by atoms with E-state index in [0.29, 0.717) is 24.5 Å². The van der Waals surface area contributed by atoms with Crippen molar-refractivity contribution in [2.75, 3.05) is 13.2 Å². The molecular weight excluding hydrogens is 329 g/mol. The van der Waals surface area contributed by atoms with Gasteiger partial charge in [0.05, 0.1) is 24.9 Å². The number of hydrogen-bond donors (Lipinski definition) is 0. The lowest BCUT2D eigenvalue weighted by molar-refractivity contribution is 0.000307. The summed E-state index contributed by atoms with van der Waals surface area (Å²) in [7, 11) is 0. The van der Waals surface area contributed by atoms with Crippen LogP contribution in [0.1, 0.15) is 29.0 Å². The summed E-state index contributed by atoms with van der Waals surface area (Å²) in [6, 6.07) is 2.59.